The fourth-order valence-electron chi connectivity index (χ4n) is 1.48. The largest absolute Gasteiger partial charge is 0.364 e. The lowest BCUT2D eigenvalue weighted by molar-refractivity contribution is -0.119. The van der Waals surface area contributed by atoms with Crippen molar-refractivity contribution in [3.05, 3.63) is 24.0 Å². The standard InChI is InChI=1S/C9H13N3O/c13-9-4-8(6-12-9)11-5-7-2-1-3-10-7/h1-3,8,10-11H,4-6H2,(H,12,13). The number of amides is 1. The molecule has 1 saturated heterocycles. The maximum absolute atomic E-state index is 10.9. The molecule has 1 fully saturated rings. The number of carbonyl (C=O) groups is 1. The molecule has 1 unspecified atom stereocenters. The average molecular weight is 179 g/mol. The lowest BCUT2D eigenvalue weighted by Crippen LogP contribution is -2.30. The van der Waals surface area contributed by atoms with Gasteiger partial charge in [0.05, 0.1) is 0 Å². The van der Waals surface area contributed by atoms with E-state index in [1.165, 1.54) is 0 Å². The van der Waals surface area contributed by atoms with Crippen LogP contribution in [0, 0.1) is 0 Å². The second-order valence-corrected chi connectivity index (χ2v) is 3.28. The zero-order valence-electron chi connectivity index (χ0n) is 7.34. The molecule has 1 aromatic rings. The summed E-state index contributed by atoms with van der Waals surface area (Å²) in [5.74, 6) is 0.143. The maximum atomic E-state index is 10.9. The van der Waals surface area contributed by atoms with Gasteiger partial charge in [-0.25, -0.2) is 0 Å². The number of H-pyrrole nitrogens is 1. The van der Waals surface area contributed by atoms with E-state index in [2.05, 4.69) is 15.6 Å². The van der Waals surface area contributed by atoms with Crippen molar-refractivity contribution < 1.29 is 4.79 Å². The van der Waals surface area contributed by atoms with E-state index in [1.54, 1.807) is 0 Å². The molecule has 2 rings (SSSR count). The number of hydrogen-bond donors (Lipinski definition) is 3. The molecule has 1 atom stereocenters. The molecule has 2 heterocycles. The summed E-state index contributed by atoms with van der Waals surface area (Å²) in [6, 6.07) is 4.28. The molecule has 0 radical (unpaired) electrons. The Kier molecular flexibility index (Phi) is 2.31. The highest BCUT2D eigenvalue weighted by Crippen LogP contribution is 2.01. The van der Waals surface area contributed by atoms with Crippen molar-refractivity contribution in [1.29, 1.82) is 0 Å². The van der Waals surface area contributed by atoms with E-state index >= 15 is 0 Å². The predicted molar refractivity (Wildman–Crippen MR) is 49.0 cm³/mol. The van der Waals surface area contributed by atoms with Crippen molar-refractivity contribution in [2.75, 3.05) is 6.54 Å². The van der Waals surface area contributed by atoms with Gasteiger partial charge in [0.1, 0.15) is 0 Å². The van der Waals surface area contributed by atoms with E-state index in [1.807, 2.05) is 18.3 Å². The Balaban J connectivity index is 1.77. The Morgan fingerprint density at radius 2 is 2.54 bits per heavy atom. The lowest BCUT2D eigenvalue weighted by atomic mass is 10.2. The molecule has 1 amide bonds. The van der Waals surface area contributed by atoms with Crippen LogP contribution in [0.2, 0.25) is 0 Å². The van der Waals surface area contributed by atoms with Crippen molar-refractivity contribution >= 4 is 5.91 Å². The second-order valence-electron chi connectivity index (χ2n) is 3.28. The van der Waals surface area contributed by atoms with Gasteiger partial charge in [-0.1, -0.05) is 0 Å². The van der Waals surface area contributed by atoms with Crippen molar-refractivity contribution in [2.24, 2.45) is 0 Å². The Morgan fingerprint density at radius 3 is 3.15 bits per heavy atom. The van der Waals surface area contributed by atoms with Gasteiger partial charge in [-0.05, 0) is 12.1 Å². The minimum Gasteiger partial charge on any atom is -0.364 e. The molecule has 0 saturated carbocycles. The third-order valence-electron chi connectivity index (χ3n) is 2.22. The third-order valence-corrected chi connectivity index (χ3v) is 2.22. The highest BCUT2D eigenvalue weighted by Gasteiger charge is 2.20. The van der Waals surface area contributed by atoms with Crippen LogP contribution in [0.15, 0.2) is 18.3 Å². The van der Waals surface area contributed by atoms with Crippen LogP contribution in [-0.4, -0.2) is 23.5 Å². The van der Waals surface area contributed by atoms with Gasteiger partial charge in [0.25, 0.3) is 0 Å². The first-order valence-corrected chi connectivity index (χ1v) is 4.47. The first-order chi connectivity index (χ1) is 6.34. The van der Waals surface area contributed by atoms with Gasteiger partial charge in [0, 0.05) is 37.4 Å². The van der Waals surface area contributed by atoms with Gasteiger partial charge < -0.3 is 15.6 Å². The number of nitrogens with one attached hydrogen (secondary N) is 3. The highest BCUT2D eigenvalue weighted by atomic mass is 16.1. The van der Waals surface area contributed by atoms with Crippen molar-refractivity contribution in [2.45, 2.75) is 19.0 Å². The van der Waals surface area contributed by atoms with Gasteiger partial charge in [-0.3, -0.25) is 4.79 Å². The van der Waals surface area contributed by atoms with Crippen LogP contribution in [-0.2, 0) is 11.3 Å². The molecule has 4 nitrogen and oxygen atoms in total. The molecular weight excluding hydrogens is 166 g/mol. The minimum atomic E-state index is 0.143. The molecule has 0 aliphatic carbocycles. The predicted octanol–water partition coefficient (Wildman–Crippen LogP) is -0.00720. The van der Waals surface area contributed by atoms with Crippen LogP contribution in [0.5, 0.6) is 0 Å². The van der Waals surface area contributed by atoms with Crippen molar-refractivity contribution in [3.63, 3.8) is 0 Å². The van der Waals surface area contributed by atoms with Crippen LogP contribution < -0.4 is 10.6 Å². The zero-order chi connectivity index (χ0) is 9.10. The SMILES string of the molecule is O=C1CC(NCc2ccc[nH]2)CN1. The van der Waals surface area contributed by atoms with Gasteiger partial charge in [0.2, 0.25) is 5.91 Å². The molecule has 1 aliphatic rings. The van der Waals surface area contributed by atoms with E-state index in [0.717, 1.165) is 18.8 Å². The van der Waals surface area contributed by atoms with Gasteiger partial charge in [0.15, 0.2) is 0 Å². The Hall–Kier alpha value is -1.29. The van der Waals surface area contributed by atoms with Crippen LogP contribution in [0.1, 0.15) is 12.1 Å². The molecule has 13 heavy (non-hydrogen) atoms. The summed E-state index contributed by atoms with van der Waals surface area (Å²) >= 11 is 0. The quantitative estimate of drug-likeness (QED) is 0.611. The monoisotopic (exact) mass is 179 g/mol. The maximum Gasteiger partial charge on any atom is 0.221 e. The summed E-state index contributed by atoms with van der Waals surface area (Å²) in [4.78, 5) is 14.0. The van der Waals surface area contributed by atoms with Crippen molar-refractivity contribution in [3.8, 4) is 0 Å². The number of carbonyl (C=O) groups excluding carboxylic acids is 1. The summed E-state index contributed by atoms with van der Waals surface area (Å²) in [5, 5.41) is 6.09. The first-order valence-electron chi connectivity index (χ1n) is 4.47. The summed E-state index contributed by atoms with van der Waals surface area (Å²) < 4.78 is 0. The average Bonchev–Trinajstić information content (AvgIpc) is 2.71. The van der Waals surface area contributed by atoms with E-state index in [-0.39, 0.29) is 11.9 Å². The molecule has 3 N–H and O–H groups in total. The summed E-state index contributed by atoms with van der Waals surface area (Å²) in [7, 11) is 0. The molecule has 0 aromatic carbocycles. The molecule has 4 heteroatoms. The molecule has 0 spiro atoms. The smallest absolute Gasteiger partial charge is 0.221 e. The summed E-state index contributed by atoms with van der Waals surface area (Å²) in [6.07, 6.45) is 2.50. The van der Waals surface area contributed by atoms with Crippen LogP contribution in [0.4, 0.5) is 0 Å². The lowest BCUT2D eigenvalue weighted by Gasteiger charge is -2.08. The Bertz CT molecular complexity index is 281. The van der Waals surface area contributed by atoms with Crippen LogP contribution in [0.3, 0.4) is 0 Å². The second kappa shape index (κ2) is 3.62. The van der Waals surface area contributed by atoms with E-state index in [4.69, 9.17) is 0 Å². The topological polar surface area (TPSA) is 56.9 Å². The Morgan fingerprint density at radius 1 is 1.62 bits per heavy atom. The normalized spacial score (nSPS) is 21.8. The van der Waals surface area contributed by atoms with Gasteiger partial charge in [-0.15, -0.1) is 0 Å². The molecular formula is C9H13N3O. The number of rotatable bonds is 3. The fourth-order valence-corrected chi connectivity index (χ4v) is 1.48. The molecule has 1 aliphatic heterocycles. The fraction of sp³-hybridized carbons (Fsp3) is 0.444. The summed E-state index contributed by atoms with van der Waals surface area (Å²) in [5.41, 5.74) is 1.15. The number of hydrogen-bond acceptors (Lipinski definition) is 2. The molecule has 70 valence electrons. The minimum absolute atomic E-state index is 0.143. The van der Waals surface area contributed by atoms with E-state index < -0.39 is 0 Å². The Labute approximate surface area is 76.7 Å². The molecule has 1 aromatic heterocycles. The van der Waals surface area contributed by atoms with Crippen LogP contribution >= 0.6 is 0 Å². The summed E-state index contributed by atoms with van der Waals surface area (Å²) in [6.45, 7) is 1.55. The third kappa shape index (κ3) is 2.09. The molecule has 0 bridgehead atoms. The highest BCUT2D eigenvalue weighted by molar-refractivity contribution is 5.78. The van der Waals surface area contributed by atoms with Crippen molar-refractivity contribution in [1.82, 2.24) is 15.6 Å². The van der Waals surface area contributed by atoms with E-state index in [9.17, 15) is 4.79 Å². The van der Waals surface area contributed by atoms with Gasteiger partial charge >= 0.3 is 0 Å². The van der Waals surface area contributed by atoms with Crippen LogP contribution in [0.25, 0.3) is 0 Å². The first kappa shape index (κ1) is 8.31. The van der Waals surface area contributed by atoms with E-state index in [0.29, 0.717) is 6.42 Å². The van der Waals surface area contributed by atoms with Gasteiger partial charge in [-0.2, -0.15) is 0 Å². The zero-order valence-corrected chi connectivity index (χ0v) is 7.34. The number of aromatic amines is 1. The number of aromatic nitrogens is 1.